The van der Waals surface area contributed by atoms with Crippen molar-refractivity contribution in [1.82, 2.24) is 9.80 Å². The zero-order valence-corrected chi connectivity index (χ0v) is 18.0. The minimum atomic E-state index is -0.257. The first kappa shape index (κ1) is 21.3. The van der Waals surface area contributed by atoms with Crippen molar-refractivity contribution >= 4 is 23.2 Å². The van der Waals surface area contributed by atoms with Crippen molar-refractivity contribution in [3.8, 4) is 0 Å². The van der Waals surface area contributed by atoms with Crippen LogP contribution >= 0.6 is 0 Å². The molecule has 0 radical (unpaired) electrons. The highest BCUT2D eigenvalue weighted by atomic mass is 16.5. The first-order chi connectivity index (χ1) is 15.1. The van der Waals surface area contributed by atoms with Crippen LogP contribution in [0, 0.1) is 0 Å². The zero-order chi connectivity index (χ0) is 21.6. The Hall–Kier alpha value is -2.90. The van der Waals surface area contributed by atoms with Gasteiger partial charge in [-0.2, -0.15) is 0 Å². The van der Waals surface area contributed by atoms with Crippen molar-refractivity contribution in [2.75, 3.05) is 62.7 Å². The lowest BCUT2D eigenvalue weighted by atomic mass is 10.1. The number of hydrogen-bond donors (Lipinski definition) is 1. The molecule has 2 saturated heterocycles. The molecule has 0 aromatic heterocycles. The van der Waals surface area contributed by atoms with Crippen LogP contribution in [-0.2, 0) is 9.53 Å². The van der Waals surface area contributed by atoms with Gasteiger partial charge >= 0.3 is 0 Å². The van der Waals surface area contributed by atoms with Crippen LogP contribution in [0.3, 0.4) is 0 Å². The van der Waals surface area contributed by atoms with Crippen LogP contribution in [0.25, 0.3) is 0 Å². The van der Waals surface area contributed by atoms with Crippen LogP contribution in [-0.4, -0.2) is 80.1 Å². The number of carbonyl (C=O) groups excluding carboxylic acids is 2. The normalized spacial score (nSPS) is 18.5. The van der Waals surface area contributed by atoms with E-state index in [1.807, 2.05) is 66.4 Å². The molecule has 7 heteroatoms. The second-order valence-electron chi connectivity index (χ2n) is 8.01. The molecule has 2 aromatic carbocycles. The number of ether oxygens (including phenoxy) is 1. The van der Waals surface area contributed by atoms with Crippen molar-refractivity contribution in [2.24, 2.45) is 0 Å². The predicted molar refractivity (Wildman–Crippen MR) is 121 cm³/mol. The van der Waals surface area contributed by atoms with E-state index in [4.69, 9.17) is 4.74 Å². The Balaban J connectivity index is 1.27. The van der Waals surface area contributed by atoms with E-state index in [2.05, 4.69) is 15.1 Å². The van der Waals surface area contributed by atoms with Crippen molar-refractivity contribution in [3.05, 3.63) is 60.2 Å². The van der Waals surface area contributed by atoms with Crippen molar-refractivity contribution < 1.29 is 14.3 Å². The van der Waals surface area contributed by atoms with Gasteiger partial charge in [-0.15, -0.1) is 0 Å². The fourth-order valence-corrected chi connectivity index (χ4v) is 4.07. The molecule has 2 aliphatic rings. The van der Waals surface area contributed by atoms with Crippen LogP contribution in [0.4, 0.5) is 11.4 Å². The van der Waals surface area contributed by atoms with Gasteiger partial charge in [0.2, 0.25) is 5.91 Å². The monoisotopic (exact) mass is 422 g/mol. The van der Waals surface area contributed by atoms with E-state index in [1.165, 1.54) is 0 Å². The lowest BCUT2D eigenvalue weighted by molar-refractivity contribution is -0.121. The third kappa shape index (κ3) is 5.24. The van der Waals surface area contributed by atoms with Crippen molar-refractivity contribution in [3.63, 3.8) is 0 Å². The van der Waals surface area contributed by atoms with E-state index in [0.29, 0.717) is 31.7 Å². The Morgan fingerprint density at radius 1 is 0.871 bits per heavy atom. The highest BCUT2D eigenvalue weighted by molar-refractivity contribution is 5.95. The summed E-state index contributed by atoms with van der Waals surface area (Å²) in [5.74, 6) is 0.0275. The van der Waals surface area contributed by atoms with Crippen LogP contribution in [0.5, 0.6) is 0 Å². The van der Waals surface area contributed by atoms with Crippen molar-refractivity contribution in [1.29, 1.82) is 0 Å². The highest BCUT2D eigenvalue weighted by Crippen LogP contribution is 2.20. The fraction of sp³-hybridized carbons (Fsp3) is 0.417. The summed E-state index contributed by atoms with van der Waals surface area (Å²) in [6, 6.07) is 17.1. The number of amides is 2. The molecule has 0 unspecified atom stereocenters. The third-order valence-corrected chi connectivity index (χ3v) is 6.06. The number of nitrogens with one attached hydrogen (secondary N) is 1. The molecule has 0 spiro atoms. The number of morpholine rings is 1. The molecular formula is C24H30N4O3. The molecule has 0 bridgehead atoms. The van der Waals surface area contributed by atoms with Gasteiger partial charge in [-0.1, -0.05) is 18.2 Å². The summed E-state index contributed by atoms with van der Waals surface area (Å²) in [6.07, 6.45) is 0. The number of anilines is 2. The average molecular weight is 423 g/mol. The summed E-state index contributed by atoms with van der Waals surface area (Å²) in [6.45, 7) is 7.82. The van der Waals surface area contributed by atoms with E-state index < -0.39 is 0 Å². The third-order valence-electron chi connectivity index (χ3n) is 6.06. The van der Waals surface area contributed by atoms with Gasteiger partial charge in [0.25, 0.3) is 5.91 Å². The summed E-state index contributed by atoms with van der Waals surface area (Å²) in [4.78, 5) is 31.7. The van der Waals surface area contributed by atoms with Crippen LogP contribution in [0.2, 0.25) is 0 Å². The summed E-state index contributed by atoms with van der Waals surface area (Å²) >= 11 is 0. The first-order valence-electron chi connectivity index (χ1n) is 10.9. The SMILES string of the molecule is C[C@@H](C(=O)Nc1ccc(N2CCOCC2)cc1)N1CCN(C(=O)c2ccccc2)CC1. The summed E-state index contributed by atoms with van der Waals surface area (Å²) in [5, 5.41) is 3.02. The molecule has 0 saturated carbocycles. The molecule has 1 N–H and O–H groups in total. The summed E-state index contributed by atoms with van der Waals surface area (Å²) < 4.78 is 5.40. The molecule has 2 fully saturated rings. The maximum Gasteiger partial charge on any atom is 0.253 e. The predicted octanol–water partition coefficient (Wildman–Crippen LogP) is 2.31. The average Bonchev–Trinajstić information content (AvgIpc) is 2.85. The van der Waals surface area contributed by atoms with E-state index >= 15 is 0 Å². The number of carbonyl (C=O) groups is 2. The number of benzene rings is 2. The van der Waals surface area contributed by atoms with E-state index in [1.54, 1.807) is 0 Å². The Kier molecular flexibility index (Phi) is 6.84. The summed E-state index contributed by atoms with van der Waals surface area (Å²) in [5.41, 5.74) is 2.66. The molecule has 2 heterocycles. The maximum absolute atomic E-state index is 12.8. The molecule has 0 aliphatic carbocycles. The Morgan fingerprint density at radius 3 is 2.16 bits per heavy atom. The summed E-state index contributed by atoms with van der Waals surface area (Å²) in [7, 11) is 0. The van der Waals surface area contributed by atoms with Gasteiger partial charge < -0.3 is 19.9 Å². The standard InChI is InChI=1S/C24H30N4O3/c1-19(26-11-13-28(14-12-26)24(30)20-5-3-2-4-6-20)23(29)25-21-7-9-22(10-8-21)27-15-17-31-18-16-27/h2-10,19H,11-18H2,1H3,(H,25,29)/t19-/m0/s1. The van der Waals surface area contributed by atoms with Crippen molar-refractivity contribution in [2.45, 2.75) is 13.0 Å². The fourth-order valence-electron chi connectivity index (χ4n) is 4.07. The van der Waals surface area contributed by atoms with Gasteiger partial charge in [0, 0.05) is 56.2 Å². The largest absolute Gasteiger partial charge is 0.378 e. The van der Waals surface area contributed by atoms with Gasteiger partial charge in [0.15, 0.2) is 0 Å². The molecular weight excluding hydrogens is 392 g/mol. The minimum Gasteiger partial charge on any atom is -0.378 e. The quantitative estimate of drug-likeness (QED) is 0.801. The van der Waals surface area contributed by atoms with E-state index in [0.717, 1.165) is 37.7 Å². The molecule has 2 amide bonds. The number of piperazine rings is 1. The molecule has 4 rings (SSSR count). The Labute approximate surface area is 183 Å². The molecule has 2 aliphatic heterocycles. The second kappa shape index (κ2) is 9.94. The van der Waals surface area contributed by atoms with Crippen LogP contribution < -0.4 is 10.2 Å². The maximum atomic E-state index is 12.8. The number of nitrogens with zero attached hydrogens (tertiary/aromatic N) is 3. The van der Waals surface area contributed by atoms with Gasteiger partial charge in [-0.05, 0) is 43.3 Å². The van der Waals surface area contributed by atoms with Gasteiger partial charge in [-0.25, -0.2) is 0 Å². The topological polar surface area (TPSA) is 65.1 Å². The molecule has 7 nitrogen and oxygen atoms in total. The molecule has 1 atom stereocenters. The van der Waals surface area contributed by atoms with E-state index in [-0.39, 0.29) is 17.9 Å². The van der Waals surface area contributed by atoms with E-state index in [9.17, 15) is 9.59 Å². The Morgan fingerprint density at radius 2 is 1.52 bits per heavy atom. The number of rotatable bonds is 5. The Bertz CT molecular complexity index is 873. The first-order valence-corrected chi connectivity index (χ1v) is 10.9. The van der Waals surface area contributed by atoms with Gasteiger partial charge in [0.1, 0.15) is 0 Å². The minimum absolute atomic E-state index is 0.0260. The molecule has 164 valence electrons. The van der Waals surface area contributed by atoms with Gasteiger partial charge in [0.05, 0.1) is 19.3 Å². The van der Waals surface area contributed by atoms with Crippen LogP contribution in [0.1, 0.15) is 17.3 Å². The number of hydrogen-bond acceptors (Lipinski definition) is 5. The lowest BCUT2D eigenvalue weighted by Crippen LogP contribution is -2.54. The smallest absolute Gasteiger partial charge is 0.253 e. The zero-order valence-electron chi connectivity index (χ0n) is 18.0. The lowest BCUT2D eigenvalue weighted by Gasteiger charge is -2.37. The second-order valence-corrected chi connectivity index (χ2v) is 8.01. The molecule has 2 aromatic rings. The van der Waals surface area contributed by atoms with Crippen LogP contribution in [0.15, 0.2) is 54.6 Å². The highest BCUT2D eigenvalue weighted by Gasteiger charge is 2.28. The van der Waals surface area contributed by atoms with Gasteiger partial charge in [-0.3, -0.25) is 14.5 Å². The molecule has 31 heavy (non-hydrogen) atoms.